The molecule has 188 valence electrons. The molecule has 0 radical (unpaired) electrons. The standard InChI is InChI=1S/C29H29N5O3/c35-26-22(28(36)30-16-19-6-2-1-3-7-19)17-34(21-10-11-21)18-23(26)29(37)33-14-12-20(13-15-33)27-31-24-8-4-5-9-25(24)32-27/h1-9,17-18,20-21H,10-16H2,(H,30,36)(H,31,32). The lowest BCUT2D eigenvalue weighted by Gasteiger charge is -2.31. The number of carbonyl (C=O) groups is 2. The van der Waals surface area contributed by atoms with E-state index in [1.54, 1.807) is 17.3 Å². The molecule has 1 saturated carbocycles. The van der Waals surface area contributed by atoms with Gasteiger partial charge in [-0.1, -0.05) is 42.5 Å². The fourth-order valence-electron chi connectivity index (χ4n) is 5.06. The van der Waals surface area contributed by atoms with Crippen LogP contribution in [0.3, 0.4) is 0 Å². The first-order valence-corrected chi connectivity index (χ1v) is 12.9. The van der Waals surface area contributed by atoms with Crippen LogP contribution in [0.15, 0.2) is 71.8 Å². The maximum atomic E-state index is 13.5. The smallest absolute Gasteiger partial charge is 0.259 e. The number of pyridine rings is 1. The van der Waals surface area contributed by atoms with Crippen LogP contribution in [-0.4, -0.2) is 44.3 Å². The lowest BCUT2D eigenvalue weighted by molar-refractivity contribution is 0.0709. The lowest BCUT2D eigenvalue weighted by Crippen LogP contribution is -2.41. The van der Waals surface area contributed by atoms with E-state index >= 15 is 0 Å². The predicted molar refractivity (Wildman–Crippen MR) is 141 cm³/mol. The van der Waals surface area contributed by atoms with Gasteiger partial charge < -0.3 is 19.8 Å². The molecule has 2 amide bonds. The maximum Gasteiger partial charge on any atom is 0.259 e. The summed E-state index contributed by atoms with van der Waals surface area (Å²) in [5.74, 6) is 0.415. The number of hydrogen-bond donors (Lipinski definition) is 2. The maximum absolute atomic E-state index is 13.5. The first-order valence-electron chi connectivity index (χ1n) is 12.9. The highest BCUT2D eigenvalue weighted by Crippen LogP contribution is 2.35. The minimum absolute atomic E-state index is 0.0193. The minimum atomic E-state index is -0.508. The molecule has 6 rings (SSSR count). The van der Waals surface area contributed by atoms with Gasteiger partial charge in [0.1, 0.15) is 17.0 Å². The van der Waals surface area contributed by atoms with Gasteiger partial charge in [0.15, 0.2) is 0 Å². The number of amides is 2. The zero-order chi connectivity index (χ0) is 25.4. The number of nitrogens with one attached hydrogen (secondary N) is 2. The Hall–Kier alpha value is -4.20. The van der Waals surface area contributed by atoms with Gasteiger partial charge in [-0.2, -0.15) is 0 Å². The highest BCUT2D eigenvalue weighted by Gasteiger charge is 2.31. The molecule has 2 fully saturated rings. The summed E-state index contributed by atoms with van der Waals surface area (Å²) in [6.45, 7) is 1.39. The van der Waals surface area contributed by atoms with E-state index in [9.17, 15) is 14.4 Å². The zero-order valence-electron chi connectivity index (χ0n) is 20.5. The molecule has 1 aliphatic heterocycles. The van der Waals surface area contributed by atoms with Crippen LogP contribution in [0.1, 0.15) is 69.7 Å². The normalized spacial score (nSPS) is 16.2. The van der Waals surface area contributed by atoms with Crippen molar-refractivity contribution in [3.63, 3.8) is 0 Å². The molecule has 1 aliphatic carbocycles. The van der Waals surface area contributed by atoms with Gasteiger partial charge in [0, 0.05) is 44.0 Å². The third kappa shape index (κ3) is 4.79. The summed E-state index contributed by atoms with van der Waals surface area (Å²) in [4.78, 5) is 49.7. The number of aromatic nitrogens is 3. The molecular formula is C29H29N5O3. The summed E-state index contributed by atoms with van der Waals surface area (Å²) in [7, 11) is 0. The quantitative estimate of drug-likeness (QED) is 0.422. The van der Waals surface area contributed by atoms with Gasteiger partial charge in [-0.25, -0.2) is 4.98 Å². The number of benzene rings is 2. The number of imidazole rings is 1. The summed E-state index contributed by atoms with van der Waals surface area (Å²) >= 11 is 0. The summed E-state index contributed by atoms with van der Waals surface area (Å²) in [6, 6.07) is 17.7. The van der Waals surface area contributed by atoms with E-state index in [2.05, 4.69) is 10.3 Å². The van der Waals surface area contributed by atoms with Crippen molar-refractivity contribution >= 4 is 22.8 Å². The topological polar surface area (TPSA) is 100 Å². The third-order valence-corrected chi connectivity index (χ3v) is 7.36. The van der Waals surface area contributed by atoms with Crippen LogP contribution in [0.2, 0.25) is 0 Å². The number of hydrogen-bond acceptors (Lipinski definition) is 4. The van der Waals surface area contributed by atoms with E-state index in [4.69, 9.17) is 4.98 Å². The van der Waals surface area contributed by atoms with Crippen molar-refractivity contribution in [1.82, 2.24) is 24.8 Å². The van der Waals surface area contributed by atoms with Gasteiger partial charge in [-0.3, -0.25) is 14.4 Å². The van der Waals surface area contributed by atoms with Crippen molar-refractivity contribution in [1.29, 1.82) is 0 Å². The third-order valence-electron chi connectivity index (χ3n) is 7.36. The Labute approximate surface area is 214 Å². The Bertz CT molecular complexity index is 1480. The molecule has 0 bridgehead atoms. The lowest BCUT2D eigenvalue weighted by atomic mass is 9.95. The molecule has 1 saturated heterocycles. The SMILES string of the molecule is O=C(NCc1ccccc1)c1cn(C2CC2)cc(C(=O)N2CCC(c3nc4ccccc4[nH]3)CC2)c1=O. The number of H-pyrrole nitrogens is 1. The Balaban J connectivity index is 1.19. The number of para-hydroxylation sites is 2. The fourth-order valence-corrected chi connectivity index (χ4v) is 5.06. The molecule has 0 unspecified atom stereocenters. The van der Waals surface area contributed by atoms with Gasteiger partial charge >= 0.3 is 0 Å². The number of fused-ring (bicyclic) bond motifs is 1. The van der Waals surface area contributed by atoms with E-state index in [0.717, 1.165) is 48.1 Å². The molecule has 37 heavy (non-hydrogen) atoms. The van der Waals surface area contributed by atoms with E-state index in [-0.39, 0.29) is 29.0 Å². The van der Waals surface area contributed by atoms with E-state index < -0.39 is 11.3 Å². The Kier molecular flexibility index (Phi) is 6.08. The molecule has 2 N–H and O–H groups in total. The van der Waals surface area contributed by atoms with Crippen LogP contribution in [-0.2, 0) is 6.54 Å². The minimum Gasteiger partial charge on any atom is -0.349 e. The molecule has 2 aromatic carbocycles. The van der Waals surface area contributed by atoms with Crippen molar-refractivity contribution in [2.75, 3.05) is 13.1 Å². The van der Waals surface area contributed by atoms with E-state index in [1.807, 2.05) is 59.2 Å². The molecule has 4 aromatic rings. The zero-order valence-corrected chi connectivity index (χ0v) is 20.5. The Morgan fingerprint density at radius 2 is 1.62 bits per heavy atom. The van der Waals surface area contributed by atoms with Gasteiger partial charge in [-0.15, -0.1) is 0 Å². The second-order valence-corrected chi connectivity index (χ2v) is 9.97. The second-order valence-electron chi connectivity index (χ2n) is 9.97. The average molecular weight is 496 g/mol. The van der Waals surface area contributed by atoms with Crippen LogP contribution in [0.25, 0.3) is 11.0 Å². The summed E-state index contributed by atoms with van der Waals surface area (Å²) in [5.41, 5.74) is 2.48. The number of rotatable bonds is 6. The van der Waals surface area contributed by atoms with E-state index in [0.29, 0.717) is 19.6 Å². The number of piperidine rings is 1. The van der Waals surface area contributed by atoms with Crippen LogP contribution in [0.5, 0.6) is 0 Å². The Morgan fingerprint density at radius 1 is 0.919 bits per heavy atom. The summed E-state index contributed by atoms with van der Waals surface area (Å²) in [6.07, 6.45) is 6.72. The molecule has 3 heterocycles. The first-order chi connectivity index (χ1) is 18.1. The molecule has 8 nitrogen and oxygen atoms in total. The van der Waals surface area contributed by atoms with Gasteiger partial charge in [0.05, 0.1) is 11.0 Å². The van der Waals surface area contributed by atoms with Crippen LogP contribution >= 0.6 is 0 Å². The molecule has 0 atom stereocenters. The molecule has 8 heteroatoms. The van der Waals surface area contributed by atoms with Crippen LogP contribution < -0.4 is 10.7 Å². The van der Waals surface area contributed by atoms with Crippen LogP contribution in [0, 0.1) is 0 Å². The van der Waals surface area contributed by atoms with Gasteiger partial charge in [0.2, 0.25) is 5.43 Å². The number of likely N-dealkylation sites (tertiary alicyclic amines) is 1. The molecule has 2 aromatic heterocycles. The monoisotopic (exact) mass is 495 g/mol. The number of nitrogens with zero attached hydrogens (tertiary/aromatic N) is 3. The van der Waals surface area contributed by atoms with Crippen LogP contribution in [0.4, 0.5) is 0 Å². The number of aromatic amines is 1. The van der Waals surface area contributed by atoms with E-state index in [1.165, 1.54) is 0 Å². The van der Waals surface area contributed by atoms with Crippen molar-refractivity contribution in [2.24, 2.45) is 0 Å². The molecular weight excluding hydrogens is 466 g/mol. The summed E-state index contributed by atoms with van der Waals surface area (Å²) < 4.78 is 1.87. The highest BCUT2D eigenvalue weighted by atomic mass is 16.2. The van der Waals surface area contributed by atoms with Crippen molar-refractivity contribution in [3.05, 3.63) is 99.7 Å². The summed E-state index contributed by atoms with van der Waals surface area (Å²) in [5, 5.41) is 2.84. The largest absolute Gasteiger partial charge is 0.349 e. The predicted octanol–water partition coefficient (Wildman–Crippen LogP) is 4.01. The first kappa shape index (κ1) is 23.2. The van der Waals surface area contributed by atoms with Gasteiger partial charge in [-0.05, 0) is 43.4 Å². The Morgan fingerprint density at radius 3 is 2.35 bits per heavy atom. The number of carbonyl (C=O) groups excluding carboxylic acids is 2. The van der Waals surface area contributed by atoms with Gasteiger partial charge in [0.25, 0.3) is 11.8 Å². The highest BCUT2D eigenvalue weighted by molar-refractivity contribution is 5.99. The molecule has 0 spiro atoms. The van der Waals surface area contributed by atoms with Crippen molar-refractivity contribution in [3.8, 4) is 0 Å². The fraction of sp³-hybridized carbons (Fsp3) is 0.310. The van der Waals surface area contributed by atoms with Crippen molar-refractivity contribution < 1.29 is 9.59 Å². The second kappa shape index (κ2) is 9.69. The van der Waals surface area contributed by atoms with Crippen molar-refractivity contribution in [2.45, 2.75) is 44.2 Å². The average Bonchev–Trinajstić information content (AvgIpc) is 3.70. The molecule has 2 aliphatic rings.